The highest BCUT2D eigenvalue weighted by atomic mass is 16.5. The van der Waals surface area contributed by atoms with Crippen molar-refractivity contribution in [3.05, 3.63) is 35.4 Å². The van der Waals surface area contributed by atoms with Crippen molar-refractivity contribution in [2.75, 3.05) is 13.7 Å². The molecule has 150 valence electrons. The molecule has 2 fully saturated rings. The van der Waals surface area contributed by atoms with Crippen molar-refractivity contribution in [1.82, 2.24) is 15.8 Å². The number of rotatable bonds is 6. The topological polar surface area (TPSA) is 114 Å². The van der Waals surface area contributed by atoms with Crippen LogP contribution in [0.4, 0.5) is 4.79 Å². The number of benzene rings is 1. The second-order valence-corrected chi connectivity index (χ2v) is 6.96. The van der Waals surface area contributed by atoms with E-state index in [1.54, 1.807) is 31.4 Å². The zero-order valence-electron chi connectivity index (χ0n) is 15.7. The van der Waals surface area contributed by atoms with E-state index in [4.69, 9.17) is 9.47 Å². The van der Waals surface area contributed by atoms with Crippen molar-refractivity contribution in [2.45, 2.75) is 44.2 Å². The molecule has 9 nitrogen and oxygen atoms in total. The number of methoxy groups -OCH3 is 1. The number of imide groups is 1. The molecule has 1 saturated carbocycles. The van der Waals surface area contributed by atoms with Crippen LogP contribution in [0.5, 0.6) is 0 Å². The van der Waals surface area contributed by atoms with E-state index in [-0.39, 0.29) is 5.56 Å². The number of carbonyl (C=O) groups is 4. The summed E-state index contributed by atoms with van der Waals surface area (Å²) in [7, 11) is 1.54. The van der Waals surface area contributed by atoms with Crippen LogP contribution in [0, 0.1) is 0 Å². The van der Waals surface area contributed by atoms with Crippen LogP contribution < -0.4 is 10.7 Å². The predicted molar refractivity (Wildman–Crippen MR) is 96.8 cm³/mol. The molecule has 0 atom stereocenters. The van der Waals surface area contributed by atoms with Crippen LogP contribution in [0.15, 0.2) is 24.3 Å². The summed E-state index contributed by atoms with van der Waals surface area (Å²) in [6, 6.07) is 5.98. The first-order valence-electron chi connectivity index (χ1n) is 9.16. The van der Waals surface area contributed by atoms with Gasteiger partial charge in [-0.25, -0.2) is 9.59 Å². The van der Waals surface area contributed by atoms with Crippen LogP contribution in [0.2, 0.25) is 0 Å². The lowest BCUT2D eigenvalue weighted by atomic mass is 9.82. The quantitative estimate of drug-likeness (QED) is 0.560. The summed E-state index contributed by atoms with van der Waals surface area (Å²) >= 11 is 0. The van der Waals surface area contributed by atoms with E-state index in [1.165, 1.54) is 0 Å². The maximum absolute atomic E-state index is 12.6. The Bertz CT molecular complexity index is 788. The SMILES string of the molecule is COCc1cccc(C(=O)OCC(=O)NN2C(=O)NC3(CCCCC3)C2=O)c1. The first-order valence-corrected chi connectivity index (χ1v) is 9.16. The molecule has 1 saturated heterocycles. The zero-order valence-corrected chi connectivity index (χ0v) is 15.7. The van der Waals surface area contributed by atoms with E-state index in [0.717, 1.165) is 24.8 Å². The number of carbonyl (C=O) groups excluding carboxylic acids is 4. The van der Waals surface area contributed by atoms with Gasteiger partial charge in [0.1, 0.15) is 5.54 Å². The summed E-state index contributed by atoms with van der Waals surface area (Å²) in [6.07, 6.45) is 3.80. The molecule has 2 N–H and O–H groups in total. The molecule has 4 amide bonds. The molecular formula is C19H23N3O6. The number of esters is 1. The molecule has 1 aromatic rings. The van der Waals surface area contributed by atoms with Crippen LogP contribution in [-0.2, 0) is 25.7 Å². The zero-order chi connectivity index (χ0) is 20.1. The first kappa shape index (κ1) is 19.8. The number of amides is 4. The second-order valence-electron chi connectivity index (χ2n) is 6.96. The van der Waals surface area contributed by atoms with Crippen molar-refractivity contribution >= 4 is 23.8 Å². The summed E-state index contributed by atoms with van der Waals surface area (Å²) in [5, 5.41) is 3.37. The monoisotopic (exact) mass is 389 g/mol. The van der Waals surface area contributed by atoms with Crippen molar-refractivity contribution in [3.63, 3.8) is 0 Å². The molecule has 3 rings (SSSR count). The van der Waals surface area contributed by atoms with E-state index in [9.17, 15) is 19.2 Å². The normalized spacial score (nSPS) is 18.1. The van der Waals surface area contributed by atoms with Gasteiger partial charge in [-0.05, 0) is 30.5 Å². The molecule has 1 aliphatic carbocycles. The summed E-state index contributed by atoms with van der Waals surface area (Å²) in [4.78, 5) is 48.9. The van der Waals surface area contributed by atoms with E-state index in [2.05, 4.69) is 10.7 Å². The fourth-order valence-electron chi connectivity index (χ4n) is 3.54. The molecule has 0 bridgehead atoms. The Kier molecular flexibility index (Phi) is 5.93. The van der Waals surface area contributed by atoms with Crippen molar-refractivity contribution in [1.29, 1.82) is 0 Å². The Balaban J connectivity index is 1.54. The van der Waals surface area contributed by atoms with Gasteiger partial charge >= 0.3 is 12.0 Å². The van der Waals surface area contributed by atoms with E-state index in [1.807, 2.05) is 0 Å². The van der Waals surface area contributed by atoms with E-state index < -0.39 is 36.0 Å². The first-order chi connectivity index (χ1) is 13.4. The Labute approximate surface area is 162 Å². The van der Waals surface area contributed by atoms with Gasteiger partial charge in [0.05, 0.1) is 12.2 Å². The minimum Gasteiger partial charge on any atom is -0.452 e. The maximum atomic E-state index is 12.6. The average Bonchev–Trinajstić information content (AvgIpc) is 2.91. The lowest BCUT2D eigenvalue weighted by molar-refractivity contribution is -0.140. The average molecular weight is 389 g/mol. The molecule has 1 spiro atoms. The Morgan fingerprint density at radius 2 is 1.96 bits per heavy atom. The van der Waals surface area contributed by atoms with Gasteiger partial charge < -0.3 is 14.8 Å². The van der Waals surface area contributed by atoms with Gasteiger partial charge in [0, 0.05) is 7.11 Å². The number of nitrogens with zero attached hydrogens (tertiary/aromatic N) is 1. The highest BCUT2D eigenvalue weighted by molar-refractivity contribution is 6.08. The Hall–Kier alpha value is -2.94. The molecule has 0 radical (unpaired) electrons. The largest absolute Gasteiger partial charge is 0.452 e. The number of hydrogen-bond acceptors (Lipinski definition) is 6. The third kappa shape index (κ3) is 4.14. The van der Waals surface area contributed by atoms with Gasteiger partial charge in [-0.3, -0.25) is 15.0 Å². The van der Waals surface area contributed by atoms with Gasteiger partial charge in [0.15, 0.2) is 6.61 Å². The maximum Gasteiger partial charge on any atom is 0.344 e. The standard InChI is InChI=1S/C19H23N3O6/c1-27-11-13-6-5-7-14(10-13)16(24)28-12-15(23)21-22-17(25)19(20-18(22)26)8-3-2-4-9-19/h5-7,10H,2-4,8-9,11-12H2,1H3,(H,20,26)(H,21,23). The molecule has 2 aliphatic rings. The number of ether oxygens (including phenoxy) is 2. The van der Waals surface area contributed by atoms with E-state index >= 15 is 0 Å². The van der Waals surface area contributed by atoms with E-state index in [0.29, 0.717) is 24.5 Å². The number of hydrazine groups is 1. The van der Waals surface area contributed by atoms with Gasteiger partial charge in [-0.2, -0.15) is 5.01 Å². The lowest BCUT2D eigenvalue weighted by Gasteiger charge is -2.30. The number of hydrogen-bond donors (Lipinski definition) is 2. The molecule has 28 heavy (non-hydrogen) atoms. The molecular weight excluding hydrogens is 366 g/mol. The highest BCUT2D eigenvalue weighted by Crippen LogP contribution is 2.32. The summed E-state index contributed by atoms with van der Waals surface area (Å²) in [5.41, 5.74) is 2.36. The third-order valence-corrected chi connectivity index (χ3v) is 4.91. The minimum absolute atomic E-state index is 0.276. The van der Waals surface area contributed by atoms with Crippen LogP contribution >= 0.6 is 0 Å². The molecule has 1 heterocycles. The molecule has 9 heteroatoms. The van der Waals surface area contributed by atoms with Crippen LogP contribution in [0.25, 0.3) is 0 Å². The van der Waals surface area contributed by atoms with Crippen molar-refractivity contribution in [2.24, 2.45) is 0 Å². The number of nitrogens with one attached hydrogen (secondary N) is 2. The molecule has 0 aromatic heterocycles. The fraction of sp³-hybridized carbons (Fsp3) is 0.474. The predicted octanol–water partition coefficient (Wildman–Crippen LogP) is 1.28. The molecule has 1 aliphatic heterocycles. The fourth-order valence-corrected chi connectivity index (χ4v) is 3.54. The minimum atomic E-state index is -0.929. The molecule has 1 aromatic carbocycles. The highest BCUT2D eigenvalue weighted by Gasteiger charge is 2.52. The lowest BCUT2D eigenvalue weighted by Crippen LogP contribution is -2.51. The van der Waals surface area contributed by atoms with Crippen LogP contribution in [0.1, 0.15) is 48.0 Å². The number of urea groups is 1. The second kappa shape index (κ2) is 8.39. The van der Waals surface area contributed by atoms with Gasteiger partial charge in [0.2, 0.25) is 0 Å². The Morgan fingerprint density at radius 3 is 2.68 bits per heavy atom. The smallest absolute Gasteiger partial charge is 0.344 e. The van der Waals surface area contributed by atoms with Crippen LogP contribution in [-0.4, -0.2) is 48.1 Å². The summed E-state index contributed by atoms with van der Waals surface area (Å²) in [6.45, 7) is -0.271. The summed E-state index contributed by atoms with van der Waals surface area (Å²) in [5.74, 6) is -1.92. The van der Waals surface area contributed by atoms with Crippen molar-refractivity contribution < 1.29 is 28.7 Å². The Morgan fingerprint density at radius 1 is 1.21 bits per heavy atom. The van der Waals surface area contributed by atoms with Crippen LogP contribution in [0.3, 0.4) is 0 Å². The van der Waals surface area contributed by atoms with Gasteiger partial charge in [-0.15, -0.1) is 0 Å². The summed E-state index contributed by atoms with van der Waals surface area (Å²) < 4.78 is 9.99. The van der Waals surface area contributed by atoms with Gasteiger partial charge in [-0.1, -0.05) is 31.4 Å². The molecule has 0 unspecified atom stereocenters. The van der Waals surface area contributed by atoms with Gasteiger partial charge in [0.25, 0.3) is 11.8 Å². The third-order valence-electron chi connectivity index (χ3n) is 4.91. The van der Waals surface area contributed by atoms with Crippen molar-refractivity contribution in [3.8, 4) is 0 Å².